The second kappa shape index (κ2) is 5.65. The van der Waals surface area contributed by atoms with E-state index in [1.807, 2.05) is 7.05 Å². The molecule has 1 fully saturated rings. The Morgan fingerprint density at radius 2 is 1.74 bits per heavy atom. The molecule has 1 aliphatic heterocycles. The Hall–Kier alpha value is -2.43. The number of piperidine rings is 1. The van der Waals surface area contributed by atoms with E-state index < -0.39 is 0 Å². The fraction of sp³-hybridized carbons (Fsp3) is 0.333. The summed E-state index contributed by atoms with van der Waals surface area (Å²) in [5.41, 5.74) is 2.93. The maximum Gasteiger partial charge on any atom is 0.145 e. The highest BCUT2D eigenvalue weighted by Gasteiger charge is 2.18. The molecule has 1 aromatic carbocycles. The van der Waals surface area contributed by atoms with Crippen LogP contribution in [0.1, 0.15) is 19.3 Å². The number of rotatable bonds is 2. The molecular weight excluding hydrogens is 291 g/mol. The van der Waals surface area contributed by atoms with Crippen molar-refractivity contribution in [3.8, 4) is 11.3 Å². The first-order valence-corrected chi connectivity index (χ1v) is 8.05. The van der Waals surface area contributed by atoms with Gasteiger partial charge >= 0.3 is 0 Å². The molecule has 0 radical (unpaired) electrons. The highest BCUT2D eigenvalue weighted by molar-refractivity contribution is 5.92. The van der Waals surface area contributed by atoms with E-state index in [1.54, 1.807) is 18.5 Å². The van der Waals surface area contributed by atoms with E-state index in [0.29, 0.717) is 0 Å². The van der Waals surface area contributed by atoms with E-state index in [2.05, 4.69) is 25.5 Å². The molecule has 0 N–H and O–H groups in total. The van der Waals surface area contributed by atoms with Gasteiger partial charge in [0.05, 0.1) is 11.1 Å². The summed E-state index contributed by atoms with van der Waals surface area (Å²) in [7, 11) is 1.99. The molecule has 118 valence electrons. The maximum absolute atomic E-state index is 13.2. The average Bonchev–Trinajstić information content (AvgIpc) is 2.93. The molecule has 0 bridgehead atoms. The summed E-state index contributed by atoms with van der Waals surface area (Å²) in [5, 5.41) is 1.07. The molecule has 5 heteroatoms. The van der Waals surface area contributed by atoms with E-state index in [4.69, 9.17) is 0 Å². The molecule has 3 aromatic rings. The quantitative estimate of drug-likeness (QED) is 0.722. The van der Waals surface area contributed by atoms with E-state index in [0.717, 1.165) is 41.2 Å². The predicted molar refractivity (Wildman–Crippen MR) is 90.0 cm³/mol. The van der Waals surface area contributed by atoms with Gasteiger partial charge in [-0.2, -0.15) is 0 Å². The van der Waals surface area contributed by atoms with E-state index in [-0.39, 0.29) is 5.82 Å². The minimum absolute atomic E-state index is 0.221. The fourth-order valence-corrected chi connectivity index (χ4v) is 3.38. The Kier molecular flexibility index (Phi) is 3.48. The molecule has 0 amide bonds. The number of nitrogens with zero attached hydrogens (tertiary/aromatic N) is 4. The molecular formula is C18H19FN4. The largest absolute Gasteiger partial charge is 0.356 e. The van der Waals surface area contributed by atoms with Gasteiger partial charge in [-0.05, 0) is 55.2 Å². The molecule has 0 saturated carbocycles. The molecule has 0 unspecified atom stereocenters. The normalized spacial score (nSPS) is 15.3. The van der Waals surface area contributed by atoms with Crippen LogP contribution in [0.25, 0.3) is 22.3 Å². The van der Waals surface area contributed by atoms with E-state index in [1.165, 1.54) is 31.4 Å². The number of aromatic nitrogens is 3. The zero-order valence-corrected chi connectivity index (χ0v) is 13.2. The van der Waals surface area contributed by atoms with Crippen LogP contribution in [-0.2, 0) is 7.05 Å². The third-order valence-electron chi connectivity index (χ3n) is 4.60. The standard InChI is InChI=1S/C18H19FN4/c1-22-16(13-5-7-14(19)8-6-13)11-15-17(22)20-12-21-18(15)23-9-3-2-4-10-23/h5-8,11-12H,2-4,9-10H2,1H3. The molecule has 1 aliphatic rings. The summed E-state index contributed by atoms with van der Waals surface area (Å²) >= 11 is 0. The fourth-order valence-electron chi connectivity index (χ4n) is 3.38. The smallest absolute Gasteiger partial charge is 0.145 e. The van der Waals surface area contributed by atoms with Crippen LogP contribution in [0.15, 0.2) is 36.7 Å². The van der Waals surface area contributed by atoms with Crippen molar-refractivity contribution in [2.24, 2.45) is 7.05 Å². The SMILES string of the molecule is Cn1c(-c2ccc(F)cc2)cc2c(N3CCCCC3)ncnc21. The molecule has 3 heterocycles. The van der Waals surface area contributed by atoms with Gasteiger partial charge in [0.15, 0.2) is 0 Å². The Balaban J connectivity index is 1.85. The van der Waals surface area contributed by atoms with Crippen LogP contribution < -0.4 is 4.90 Å². The second-order valence-electron chi connectivity index (χ2n) is 6.08. The molecule has 1 saturated heterocycles. The van der Waals surface area contributed by atoms with Crippen LogP contribution in [0, 0.1) is 5.82 Å². The van der Waals surface area contributed by atoms with Crippen molar-refractivity contribution in [3.63, 3.8) is 0 Å². The monoisotopic (exact) mass is 310 g/mol. The third-order valence-corrected chi connectivity index (χ3v) is 4.60. The van der Waals surface area contributed by atoms with Crippen molar-refractivity contribution in [2.45, 2.75) is 19.3 Å². The second-order valence-corrected chi connectivity index (χ2v) is 6.08. The van der Waals surface area contributed by atoms with Gasteiger partial charge in [0.2, 0.25) is 0 Å². The Morgan fingerprint density at radius 1 is 1.00 bits per heavy atom. The molecule has 4 nitrogen and oxygen atoms in total. The zero-order chi connectivity index (χ0) is 15.8. The number of aryl methyl sites for hydroxylation is 1. The van der Waals surface area contributed by atoms with Crippen LogP contribution in [-0.4, -0.2) is 27.6 Å². The molecule has 4 rings (SSSR count). The van der Waals surface area contributed by atoms with Crippen molar-refractivity contribution in [1.82, 2.24) is 14.5 Å². The maximum atomic E-state index is 13.2. The lowest BCUT2D eigenvalue weighted by atomic mass is 10.1. The van der Waals surface area contributed by atoms with Gasteiger partial charge in [-0.25, -0.2) is 14.4 Å². The third kappa shape index (κ3) is 2.46. The van der Waals surface area contributed by atoms with Gasteiger partial charge < -0.3 is 9.47 Å². The summed E-state index contributed by atoms with van der Waals surface area (Å²) in [5.74, 6) is 0.792. The summed E-state index contributed by atoms with van der Waals surface area (Å²) in [6.07, 6.45) is 5.35. The summed E-state index contributed by atoms with van der Waals surface area (Å²) in [4.78, 5) is 11.3. The summed E-state index contributed by atoms with van der Waals surface area (Å²) < 4.78 is 15.2. The van der Waals surface area contributed by atoms with E-state index in [9.17, 15) is 4.39 Å². The van der Waals surface area contributed by atoms with Crippen LogP contribution >= 0.6 is 0 Å². The molecule has 2 aromatic heterocycles. The molecule has 23 heavy (non-hydrogen) atoms. The lowest BCUT2D eigenvalue weighted by Gasteiger charge is -2.27. The number of hydrogen-bond donors (Lipinski definition) is 0. The van der Waals surface area contributed by atoms with Gasteiger partial charge in [-0.3, -0.25) is 0 Å². The van der Waals surface area contributed by atoms with Crippen molar-refractivity contribution >= 4 is 16.9 Å². The minimum atomic E-state index is -0.221. The average molecular weight is 310 g/mol. The van der Waals surface area contributed by atoms with Gasteiger partial charge in [0.25, 0.3) is 0 Å². The van der Waals surface area contributed by atoms with Gasteiger partial charge in [0, 0.05) is 20.1 Å². The Morgan fingerprint density at radius 3 is 2.48 bits per heavy atom. The number of anilines is 1. The first-order chi connectivity index (χ1) is 11.2. The number of fused-ring (bicyclic) bond motifs is 1. The van der Waals surface area contributed by atoms with Crippen LogP contribution in [0.2, 0.25) is 0 Å². The summed E-state index contributed by atoms with van der Waals surface area (Å²) in [6.45, 7) is 2.10. The highest BCUT2D eigenvalue weighted by Crippen LogP contribution is 2.32. The van der Waals surface area contributed by atoms with Gasteiger partial charge in [0.1, 0.15) is 23.6 Å². The van der Waals surface area contributed by atoms with Crippen LogP contribution in [0.5, 0.6) is 0 Å². The zero-order valence-electron chi connectivity index (χ0n) is 13.2. The predicted octanol–water partition coefficient (Wildman–Crippen LogP) is 3.76. The lowest BCUT2D eigenvalue weighted by Crippen LogP contribution is -2.30. The van der Waals surface area contributed by atoms with Crippen LogP contribution in [0.3, 0.4) is 0 Å². The first kappa shape index (κ1) is 14.2. The van der Waals surface area contributed by atoms with Crippen molar-refractivity contribution in [2.75, 3.05) is 18.0 Å². The van der Waals surface area contributed by atoms with E-state index >= 15 is 0 Å². The van der Waals surface area contributed by atoms with Gasteiger partial charge in [-0.15, -0.1) is 0 Å². The highest BCUT2D eigenvalue weighted by atomic mass is 19.1. The minimum Gasteiger partial charge on any atom is -0.356 e. The molecule has 0 spiro atoms. The number of hydrogen-bond acceptors (Lipinski definition) is 3. The number of benzene rings is 1. The molecule has 0 atom stereocenters. The Bertz CT molecular complexity index is 832. The van der Waals surface area contributed by atoms with Crippen LogP contribution in [0.4, 0.5) is 10.2 Å². The topological polar surface area (TPSA) is 34.0 Å². The van der Waals surface area contributed by atoms with Crippen molar-refractivity contribution < 1.29 is 4.39 Å². The molecule has 0 aliphatic carbocycles. The van der Waals surface area contributed by atoms with Gasteiger partial charge in [-0.1, -0.05) is 0 Å². The summed E-state index contributed by atoms with van der Waals surface area (Å²) in [6, 6.07) is 8.70. The Labute approximate surface area is 134 Å². The first-order valence-electron chi connectivity index (χ1n) is 8.05. The number of halogens is 1. The van der Waals surface area contributed by atoms with Crippen molar-refractivity contribution in [1.29, 1.82) is 0 Å². The lowest BCUT2D eigenvalue weighted by molar-refractivity contribution is 0.574. The van der Waals surface area contributed by atoms with Crippen molar-refractivity contribution in [3.05, 3.63) is 42.5 Å².